The summed E-state index contributed by atoms with van der Waals surface area (Å²) in [6, 6.07) is 14.9. The van der Waals surface area contributed by atoms with Crippen molar-refractivity contribution in [2.45, 2.75) is 19.5 Å². The van der Waals surface area contributed by atoms with E-state index >= 15 is 0 Å². The molecular weight excluding hydrogens is 250 g/mol. The molecule has 102 valence electrons. The number of fused-ring (bicyclic) bond motifs is 1. The molecule has 0 unspecified atom stereocenters. The highest BCUT2D eigenvalue weighted by molar-refractivity contribution is 5.96. The summed E-state index contributed by atoms with van der Waals surface area (Å²) in [4.78, 5) is 14.4. The molecule has 0 saturated heterocycles. The summed E-state index contributed by atoms with van der Waals surface area (Å²) >= 11 is 0. The van der Waals surface area contributed by atoms with Crippen LogP contribution in [0.3, 0.4) is 0 Å². The van der Waals surface area contributed by atoms with Gasteiger partial charge in [-0.15, -0.1) is 0 Å². The monoisotopic (exact) mass is 267 g/mol. The van der Waals surface area contributed by atoms with Crippen molar-refractivity contribution in [3.63, 3.8) is 0 Å². The number of ketones is 1. The molecule has 0 atom stereocenters. The van der Waals surface area contributed by atoms with Crippen LogP contribution in [0.1, 0.15) is 27.9 Å². The molecule has 2 aromatic carbocycles. The largest absolute Gasteiger partial charge is 0.508 e. The molecule has 0 fully saturated rings. The third-order valence-corrected chi connectivity index (χ3v) is 3.75. The molecule has 2 aromatic rings. The minimum absolute atomic E-state index is 0.126. The number of rotatable bonds is 4. The van der Waals surface area contributed by atoms with Crippen LogP contribution >= 0.6 is 0 Å². The van der Waals surface area contributed by atoms with Gasteiger partial charge in [-0.1, -0.05) is 24.3 Å². The maximum absolute atomic E-state index is 12.1. The molecule has 3 rings (SSSR count). The molecular formula is C17H17NO2. The Balaban J connectivity index is 1.56. The summed E-state index contributed by atoms with van der Waals surface area (Å²) in [6.45, 7) is 2.63. The van der Waals surface area contributed by atoms with Gasteiger partial charge in [-0.05, 0) is 35.4 Å². The van der Waals surface area contributed by atoms with E-state index in [1.165, 1.54) is 11.1 Å². The predicted molar refractivity (Wildman–Crippen MR) is 77.6 cm³/mol. The average Bonchev–Trinajstić information content (AvgIpc) is 2.88. The second-order valence-electron chi connectivity index (χ2n) is 5.20. The quantitative estimate of drug-likeness (QED) is 0.866. The summed E-state index contributed by atoms with van der Waals surface area (Å²) in [7, 11) is 0. The fourth-order valence-electron chi connectivity index (χ4n) is 2.61. The Morgan fingerprint density at radius 1 is 1.00 bits per heavy atom. The van der Waals surface area contributed by atoms with Crippen molar-refractivity contribution in [2.24, 2.45) is 0 Å². The van der Waals surface area contributed by atoms with Crippen molar-refractivity contribution >= 4 is 5.78 Å². The van der Waals surface area contributed by atoms with E-state index in [0.29, 0.717) is 12.0 Å². The van der Waals surface area contributed by atoms with Gasteiger partial charge in [0.05, 0.1) is 0 Å². The van der Waals surface area contributed by atoms with Gasteiger partial charge >= 0.3 is 0 Å². The number of Topliss-reactive ketones (excluding diaryl/α,β-unsaturated/α-hetero) is 1. The fourth-order valence-corrected chi connectivity index (χ4v) is 2.61. The summed E-state index contributed by atoms with van der Waals surface area (Å²) in [5.41, 5.74) is 3.40. The van der Waals surface area contributed by atoms with E-state index in [4.69, 9.17) is 0 Å². The Labute approximate surface area is 118 Å². The molecule has 0 radical (unpaired) electrons. The maximum atomic E-state index is 12.1. The normalized spacial score (nSPS) is 14.2. The number of phenols is 1. The van der Waals surface area contributed by atoms with Crippen molar-refractivity contribution in [2.75, 3.05) is 6.54 Å². The topological polar surface area (TPSA) is 40.5 Å². The van der Waals surface area contributed by atoms with Crippen LogP contribution in [0, 0.1) is 0 Å². The number of phenolic OH excluding ortho intramolecular Hbond substituents is 1. The van der Waals surface area contributed by atoms with Crippen molar-refractivity contribution in [1.29, 1.82) is 0 Å². The predicted octanol–water partition coefficient (Wildman–Crippen LogP) is 2.98. The number of aromatic hydroxyl groups is 1. The van der Waals surface area contributed by atoms with E-state index in [1.807, 2.05) is 0 Å². The van der Waals surface area contributed by atoms with Gasteiger partial charge in [-0.25, -0.2) is 0 Å². The lowest BCUT2D eigenvalue weighted by Crippen LogP contribution is -2.20. The summed E-state index contributed by atoms with van der Waals surface area (Å²) < 4.78 is 0. The Kier molecular flexibility index (Phi) is 3.52. The van der Waals surface area contributed by atoms with Gasteiger partial charge in [0.2, 0.25) is 0 Å². The molecule has 1 aliphatic heterocycles. The first kappa shape index (κ1) is 12.9. The summed E-state index contributed by atoms with van der Waals surface area (Å²) in [5, 5.41) is 9.22. The SMILES string of the molecule is O=C(CCN1Cc2ccccc2C1)c1ccc(O)cc1. The van der Waals surface area contributed by atoms with Crippen molar-refractivity contribution in [3.8, 4) is 5.75 Å². The third-order valence-electron chi connectivity index (χ3n) is 3.75. The van der Waals surface area contributed by atoms with Crippen LogP contribution in [0.4, 0.5) is 0 Å². The van der Waals surface area contributed by atoms with Gasteiger partial charge < -0.3 is 5.11 Å². The van der Waals surface area contributed by atoms with Crippen molar-refractivity contribution in [3.05, 3.63) is 65.2 Å². The highest BCUT2D eigenvalue weighted by atomic mass is 16.3. The first-order valence-electron chi connectivity index (χ1n) is 6.84. The molecule has 20 heavy (non-hydrogen) atoms. The molecule has 1 heterocycles. The van der Waals surface area contributed by atoms with Gasteiger partial charge in [-0.2, -0.15) is 0 Å². The van der Waals surface area contributed by atoms with Crippen molar-refractivity contribution in [1.82, 2.24) is 4.90 Å². The van der Waals surface area contributed by atoms with Crippen molar-refractivity contribution < 1.29 is 9.90 Å². The van der Waals surface area contributed by atoms with Gasteiger partial charge in [0, 0.05) is 31.6 Å². The van der Waals surface area contributed by atoms with Crippen LogP contribution in [-0.2, 0) is 13.1 Å². The average molecular weight is 267 g/mol. The zero-order valence-electron chi connectivity index (χ0n) is 11.2. The van der Waals surface area contributed by atoms with Crippen LogP contribution < -0.4 is 0 Å². The Bertz CT molecular complexity index is 594. The molecule has 3 heteroatoms. The standard InChI is InChI=1S/C17H17NO2/c19-16-7-5-13(6-8-16)17(20)9-10-18-11-14-3-1-2-4-15(14)12-18/h1-8,19H,9-12H2. The molecule has 0 saturated carbocycles. The molecule has 0 spiro atoms. The molecule has 3 nitrogen and oxygen atoms in total. The number of hydrogen-bond donors (Lipinski definition) is 1. The maximum Gasteiger partial charge on any atom is 0.164 e. The zero-order valence-corrected chi connectivity index (χ0v) is 11.2. The molecule has 0 amide bonds. The Morgan fingerprint density at radius 2 is 1.60 bits per heavy atom. The molecule has 0 aliphatic carbocycles. The fraction of sp³-hybridized carbons (Fsp3) is 0.235. The van der Waals surface area contributed by atoms with Crippen LogP contribution in [0.2, 0.25) is 0 Å². The lowest BCUT2D eigenvalue weighted by molar-refractivity contribution is 0.0963. The van der Waals surface area contributed by atoms with Gasteiger partial charge in [0.25, 0.3) is 0 Å². The van der Waals surface area contributed by atoms with E-state index in [-0.39, 0.29) is 11.5 Å². The van der Waals surface area contributed by atoms with E-state index in [0.717, 1.165) is 19.6 Å². The summed E-state index contributed by atoms with van der Waals surface area (Å²) in [5.74, 6) is 0.317. The third kappa shape index (κ3) is 2.73. The van der Waals surface area contributed by atoms with Crippen LogP contribution in [0.15, 0.2) is 48.5 Å². The second kappa shape index (κ2) is 5.47. The number of nitrogens with zero attached hydrogens (tertiary/aromatic N) is 1. The number of carbonyl (C=O) groups is 1. The highest BCUT2D eigenvalue weighted by Crippen LogP contribution is 2.22. The Hall–Kier alpha value is -2.13. The smallest absolute Gasteiger partial charge is 0.164 e. The molecule has 0 bridgehead atoms. The zero-order chi connectivity index (χ0) is 13.9. The molecule has 1 N–H and O–H groups in total. The van der Waals surface area contributed by atoms with E-state index in [1.54, 1.807) is 24.3 Å². The molecule has 0 aromatic heterocycles. The van der Waals surface area contributed by atoms with Gasteiger partial charge in [-0.3, -0.25) is 9.69 Å². The van der Waals surface area contributed by atoms with Gasteiger partial charge in [0.1, 0.15) is 5.75 Å². The first-order valence-corrected chi connectivity index (χ1v) is 6.84. The second-order valence-corrected chi connectivity index (χ2v) is 5.20. The lowest BCUT2D eigenvalue weighted by Gasteiger charge is -2.13. The van der Waals surface area contributed by atoms with Gasteiger partial charge in [0.15, 0.2) is 5.78 Å². The van der Waals surface area contributed by atoms with E-state index < -0.39 is 0 Å². The molecule has 1 aliphatic rings. The highest BCUT2D eigenvalue weighted by Gasteiger charge is 2.18. The Morgan fingerprint density at radius 3 is 2.20 bits per heavy atom. The summed E-state index contributed by atoms with van der Waals surface area (Å²) in [6.07, 6.45) is 0.513. The number of benzene rings is 2. The number of hydrogen-bond acceptors (Lipinski definition) is 3. The van der Waals surface area contributed by atoms with Crippen LogP contribution in [0.5, 0.6) is 5.75 Å². The van der Waals surface area contributed by atoms with E-state index in [2.05, 4.69) is 29.2 Å². The van der Waals surface area contributed by atoms with Crippen LogP contribution in [0.25, 0.3) is 0 Å². The minimum Gasteiger partial charge on any atom is -0.508 e. The minimum atomic E-state index is 0.126. The number of carbonyl (C=O) groups excluding carboxylic acids is 1. The lowest BCUT2D eigenvalue weighted by atomic mass is 10.1. The first-order chi connectivity index (χ1) is 9.72. The van der Waals surface area contributed by atoms with E-state index in [9.17, 15) is 9.90 Å². The van der Waals surface area contributed by atoms with Crippen LogP contribution in [-0.4, -0.2) is 22.3 Å².